The molecule has 0 bridgehead atoms. The van der Waals surface area contributed by atoms with Crippen molar-refractivity contribution in [1.29, 1.82) is 0 Å². The largest absolute Gasteiger partial charge is 0.373 e. The van der Waals surface area contributed by atoms with Gasteiger partial charge in [-0.1, -0.05) is 0 Å². The lowest BCUT2D eigenvalue weighted by molar-refractivity contribution is 0.319. The molecule has 0 aliphatic rings. The van der Waals surface area contributed by atoms with E-state index in [1.54, 1.807) is 0 Å². The molecule has 0 spiro atoms. The molecule has 1 N–H and O–H groups in total. The van der Waals surface area contributed by atoms with Crippen LogP contribution in [0.25, 0.3) is 0 Å². The second-order valence-electron chi connectivity index (χ2n) is 4.49. The standard InChI is InChI=1S/C13H19N5/c1-14-13-6-11(4-5-15-13)8-17(2)9-12-7-16-18(3)10-12/h4-7,10H,8-9H2,1-3H3,(H,14,15). The lowest BCUT2D eigenvalue weighted by atomic mass is 10.2. The first-order valence-electron chi connectivity index (χ1n) is 5.96. The summed E-state index contributed by atoms with van der Waals surface area (Å²) in [4.78, 5) is 6.47. The predicted octanol–water partition coefficient (Wildman–Crippen LogP) is 1.49. The van der Waals surface area contributed by atoms with E-state index in [1.165, 1.54) is 11.1 Å². The van der Waals surface area contributed by atoms with E-state index in [0.717, 1.165) is 18.9 Å². The molecular formula is C13H19N5. The number of rotatable bonds is 5. The Morgan fingerprint density at radius 2 is 2.11 bits per heavy atom. The summed E-state index contributed by atoms with van der Waals surface area (Å²) in [6.07, 6.45) is 5.78. The molecule has 0 aliphatic carbocycles. The van der Waals surface area contributed by atoms with Crippen LogP contribution < -0.4 is 5.32 Å². The molecular weight excluding hydrogens is 226 g/mol. The molecule has 0 aromatic carbocycles. The molecule has 18 heavy (non-hydrogen) atoms. The molecule has 2 heterocycles. The number of hydrogen-bond acceptors (Lipinski definition) is 4. The van der Waals surface area contributed by atoms with Crippen molar-refractivity contribution >= 4 is 5.82 Å². The third-order valence-electron chi connectivity index (χ3n) is 2.74. The monoisotopic (exact) mass is 245 g/mol. The van der Waals surface area contributed by atoms with Gasteiger partial charge < -0.3 is 5.32 Å². The molecule has 96 valence electrons. The fourth-order valence-corrected chi connectivity index (χ4v) is 1.94. The van der Waals surface area contributed by atoms with E-state index in [9.17, 15) is 0 Å². The number of nitrogens with zero attached hydrogens (tertiary/aromatic N) is 4. The minimum atomic E-state index is 0.894. The molecule has 0 saturated heterocycles. The minimum absolute atomic E-state index is 0.894. The third kappa shape index (κ3) is 3.30. The second-order valence-corrected chi connectivity index (χ2v) is 4.49. The number of pyridine rings is 1. The number of aromatic nitrogens is 3. The smallest absolute Gasteiger partial charge is 0.125 e. The summed E-state index contributed by atoms with van der Waals surface area (Å²) in [5.74, 6) is 0.905. The first-order chi connectivity index (χ1) is 8.67. The Morgan fingerprint density at radius 3 is 2.78 bits per heavy atom. The van der Waals surface area contributed by atoms with Gasteiger partial charge in [-0.15, -0.1) is 0 Å². The fourth-order valence-electron chi connectivity index (χ4n) is 1.94. The lowest BCUT2D eigenvalue weighted by Crippen LogP contribution is -2.17. The van der Waals surface area contributed by atoms with Crippen LogP contribution in [-0.4, -0.2) is 33.8 Å². The molecule has 0 unspecified atom stereocenters. The Morgan fingerprint density at radius 1 is 1.33 bits per heavy atom. The van der Waals surface area contributed by atoms with E-state index in [2.05, 4.69) is 33.4 Å². The van der Waals surface area contributed by atoms with Crippen molar-refractivity contribution in [1.82, 2.24) is 19.7 Å². The van der Waals surface area contributed by atoms with Gasteiger partial charge in [-0.3, -0.25) is 9.58 Å². The zero-order chi connectivity index (χ0) is 13.0. The SMILES string of the molecule is CNc1cc(CN(C)Cc2cnn(C)c2)ccn1. The summed E-state index contributed by atoms with van der Waals surface area (Å²) < 4.78 is 1.83. The van der Waals surface area contributed by atoms with Crippen molar-refractivity contribution in [3.63, 3.8) is 0 Å². The highest BCUT2D eigenvalue weighted by Gasteiger charge is 2.04. The molecule has 0 amide bonds. The molecule has 0 radical (unpaired) electrons. The van der Waals surface area contributed by atoms with Crippen molar-refractivity contribution in [3.8, 4) is 0 Å². The summed E-state index contributed by atoms with van der Waals surface area (Å²) >= 11 is 0. The zero-order valence-corrected chi connectivity index (χ0v) is 11.1. The number of nitrogens with one attached hydrogen (secondary N) is 1. The summed E-state index contributed by atoms with van der Waals surface area (Å²) in [5.41, 5.74) is 2.48. The minimum Gasteiger partial charge on any atom is -0.373 e. The fraction of sp³-hybridized carbons (Fsp3) is 0.385. The normalized spacial score (nSPS) is 10.9. The van der Waals surface area contributed by atoms with E-state index >= 15 is 0 Å². The molecule has 2 aromatic rings. The van der Waals surface area contributed by atoms with Crippen LogP contribution in [0.3, 0.4) is 0 Å². The number of anilines is 1. The van der Waals surface area contributed by atoms with Crippen LogP contribution in [-0.2, 0) is 20.1 Å². The Bertz CT molecular complexity index is 506. The Kier molecular flexibility index (Phi) is 3.94. The Hall–Kier alpha value is -1.88. The van der Waals surface area contributed by atoms with Crippen LogP contribution in [0.4, 0.5) is 5.82 Å². The van der Waals surface area contributed by atoms with Crippen LogP contribution in [0, 0.1) is 0 Å². The van der Waals surface area contributed by atoms with Gasteiger partial charge in [0.05, 0.1) is 6.20 Å². The molecule has 0 saturated carbocycles. The van der Waals surface area contributed by atoms with Crippen LogP contribution in [0.2, 0.25) is 0 Å². The molecule has 2 rings (SSSR count). The summed E-state index contributed by atoms with van der Waals surface area (Å²) in [6.45, 7) is 1.79. The van der Waals surface area contributed by atoms with Crippen molar-refractivity contribution in [2.75, 3.05) is 19.4 Å². The highest BCUT2D eigenvalue weighted by Crippen LogP contribution is 2.10. The van der Waals surface area contributed by atoms with Crippen molar-refractivity contribution in [2.45, 2.75) is 13.1 Å². The first-order valence-corrected chi connectivity index (χ1v) is 5.96. The Balaban J connectivity index is 1.96. The highest BCUT2D eigenvalue weighted by molar-refractivity contribution is 5.36. The van der Waals surface area contributed by atoms with E-state index in [1.807, 2.05) is 43.4 Å². The van der Waals surface area contributed by atoms with Crippen molar-refractivity contribution in [3.05, 3.63) is 41.9 Å². The molecule has 2 aromatic heterocycles. The van der Waals surface area contributed by atoms with Gasteiger partial charge in [-0.2, -0.15) is 5.10 Å². The quantitative estimate of drug-likeness (QED) is 0.867. The molecule has 0 atom stereocenters. The molecule has 0 fully saturated rings. The Labute approximate surface area is 107 Å². The van der Waals surface area contributed by atoms with Gasteiger partial charge in [0, 0.05) is 45.1 Å². The van der Waals surface area contributed by atoms with Crippen LogP contribution in [0.15, 0.2) is 30.7 Å². The van der Waals surface area contributed by atoms with Crippen LogP contribution in [0.1, 0.15) is 11.1 Å². The van der Waals surface area contributed by atoms with Crippen molar-refractivity contribution < 1.29 is 0 Å². The van der Waals surface area contributed by atoms with Crippen molar-refractivity contribution in [2.24, 2.45) is 7.05 Å². The number of aryl methyl sites for hydroxylation is 1. The van der Waals surface area contributed by atoms with E-state index < -0.39 is 0 Å². The second kappa shape index (κ2) is 5.64. The number of hydrogen-bond donors (Lipinski definition) is 1. The average Bonchev–Trinajstić information content (AvgIpc) is 2.74. The average molecular weight is 245 g/mol. The van der Waals surface area contributed by atoms with Crippen LogP contribution in [0.5, 0.6) is 0 Å². The highest BCUT2D eigenvalue weighted by atomic mass is 15.2. The van der Waals surface area contributed by atoms with Gasteiger partial charge in [-0.05, 0) is 24.7 Å². The van der Waals surface area contributed by atoms with E-state index in [-0.39, 0.29) is 0 Å². The summed E-state index contributed by atoms with van der Waals surface area (Å²) in [5, 5.41) is 7.22. The molecule has 0 aliphatic heterocycles. The summed E-state index contributed by atoms with van der Waals surface area (Å²) in [7, 11) is 5.92. The van der Waals surface area contributed by atoms with Gasteiger partial charge in [0.1, 0.15) is 5.82 Å². The lowest BCUT2D eigenvalue weighted by Gasteiger charge is -2.15. The van der Waals surface area contributed by atoms with E-state index in [4.69, 9.17) is 0 Å². The maximum atomic E-state index is 4.21. The van der Waals surface area contributed by atoms with Gasteiger partial charge in [0.15, 0.2) is 0 Å². The summed E-state index contributed by atoms with van der Waals surface area (Å²) in [6, 6.07) is 4.11. The zero-order valence-electron chi connectivity index (χ0n) is 11.1. The van der Waals surface area contributed by atoms with Crippen LogP contribution >= 0.6 is 0 Å². The third-order valence-corrected chi connectivity index (χ3v) is 2.74. The van der Waals surface area contributed by atoms with Gasteiger partial charge >= 0.3 is 0 Å². The topological polar surface area (TPSA) is 46.0 Å². The maximum absolute atomic E-state index is 4.21. The van der Waals surface area contributed by atoms with Gasteiger partial charge in [-0.25, -0.2) is 4.98 Å². The van der Waals surface area contributed by atoms with Gasteiger partial charge in [0.2, 0.25) is 0 Å². The van der Waals surface area contributed by atoms with Gasteiger partial charge in [0.25, 0.3) is 0 Å². The molecule has 5 heteroatoms. The maximum Gasteiger partial charge on any atom is 0.125 e. The predicted molar refractivity (Wildman–Crippen MR) is 72.2 cm³/mol. The van der Waals surface area contributed by atoms with E-state index in [0.29, 0.717) is 0 Å². The first kappa shape index (κ1) is 12.6. The molecule has 5 nitrogen and oxygen atoms in total.